The van der Waals surface area contributed by atoms with Gasteiger partial charge in [0.05, 0.1) is 28.4 Å². The molecule has 1 aromatic heterocycles. The molecule has 2 aromatic rings. The first-order valence-electron chi connectivity index (χ1n) is 6.81. The van der Waals surface area contributed by atoms with Gasteiger partial charge in [-0.1, -0.05) is 23.2 Å². The Morgan fingerprint density at radius 3 is 2.50 bits per heavy atom. The SMILES string of the molecule is COCC(C)NS(=O)(=O)c1ccc(-n2ncc(Cl)c(Cl)c2=O)cc1. The molecule has 1 aromatic carbocycles. The summed E-state index contributed by atoms with van der Waals surface area (Å²) < 4.78 is 32.9. The molecule has 0 radical (unpaired) electrons. The van der Waals surface area contributed by atoms with Crippen LogP contribution < -0.4 is 10.3 Å². The molecule has 0 aliphatic heterocycles. The minimum absolute atomic E-state index is 0.0495. The van der Waals surface area contributed by atoms with Crippen LogP contribution >= 0.6 is 23.2 Å². The lowest BCUT2D eigenvalue weighted by Crippen LogP contribution is -2.35. The van der Waals surface area contributed by atoms with Crippen molar-refractivity contribution in [3.8, 4) is 5.69 Å². The molecule has 0 saturated heterocycles. The molecule has 1 atom stereocenters. The fourth-order valence-corrected chi connectivity index (χ4v) is 3.46. The van der Waals surface area contributed by atoms with Gasteiger partial charge in [0, 0.05) is 13.2 Å². The zero-order chi connectivity index (χ0) is 17.9. The molecule has 10 heteroatoms. The monoisotopic (exact) mass is 391 g/mol. The van der Waals surface area contributed by atoms with E-state index >= 15 is 0 Å². The maximum absolute atomic E-state index is 12.2. The standard InChI is InChI=1S/C14H15Cl2N3O4S/c1-9(8-23-2)18-24(21,22)11-5-3-10(4-6-11)19-14(20)13(16)12(15)7-17-19/h3-7,9,18H,8H2,1-2H3. The maximum atomic E-state index is 12.2. The molecule has 130 valence electrons. The van der Waals surface area contributed by atoms with Gasteiger partial charge in [-0.25, -0.2) is 13.1 Å². The predicted molar refractivity (Wildman–Crippen MR) is 91.5 cm³/mol. The second kappa shape index (κ2) is 7.62. The molecule has 1 N–H and O–H groups in total. The van der Waals surface area contributed by atoms with Gasteiger partial charge in [0.25, 0.3) is 5.56 Å². The zero-order valence-electron chi connectivity index (χ0n) is 12.9. The van der Waals surface area contributed by atoms with Gasteiger partial charge in [0.2, 0.25) is 10.0 Å². The van der Waals surface area contributed by atoms with Crippen LogP contribution in [-0.4, -0.2) is 38.0 Å². The summed E-state index contributed by atoms with van der Waals surface area (Å²) in [5, 5.41) is 3.77. The van der Waals surface area contributed by atoms with Gasteiger partial charge in [-0.3, -0.25) is 4.79 Å². The van der Waals surface area contributed by atoms with Crippen molar-refractivity contribution in [3.63, 3.8) is 0 Å². The number of methoxy groups -OCH3 is 1. The third kappa shape index (κ3) is 4.14. The third-order valence-electron chi connectivity index (χ3n) is 3.04. The van der Waals surface area contributed by atoms with Crippen LogP contribution in [0.3, 0.4) is 0 Å². The predicted octanol–water partition coefficient (Wildman–Crippen LogP) is 1.85. The van der Waals surface area contributed by atoms with Crippen LogP contribution in [0.25, 0.3) is 5.69 Å². The molecule has 0 aliphatic rings. The number of nitrogens with one attached hydrogen (secondary N) is 1. The summed E-state index contributed by atoms with van der Waals surface area (Å²) in [6, 6.07) is 5.27. The number of hydrogen-bond donors (Lipinski definition) is 1. The van der Waals surface area contributed by atoms with Crippen molar-refractivity contribution < 1.29 is 13.2 Å². The Balaban J connectivity index is 2.32. The number of ether oxygens (including phenoxy) is 1. The summed E-state index contributed by atoms with van der Waals surface area (Å²) in [5.74, 6) is 0. The Hall–Kier alpha value is -1.45. The lowest BCUT2D eigenvalue weighted by Gasteiger charge is -2.13. The second-order valence-electron chi connectivity index (χ2n) is 5.00. The van der Waals surface area contributed by atoms with Gasteiger partial charge in [-0.05, 0) is 31.2 Å². The van der Waals surface area contributed by atoms with Gasteiger partial charge in [-0.15, -0.1) is 0 Å². The van der Waals surface area contributed by atoms with Crippen LogP contribution in [0.1, 0.15) is 6.92 Å². The van der Waals surface area contributed by atoms with E-state index in [1.807, 2.05) is 0 Å². The molecule has 24 heavy (non-hydrogen) atoms. The molecule has 1 unspecified atom stereocenters. The summed E-state index contributed by atoms with van der Waals surface area (Å²) in [6.45, 7) is 1.94. The van der Waals surface area contributed by atoms with E-state index in [-0.39, 0.29) is 27.6 Å². The summed E-state index contributed by atoms with van der Waals surface area (Å²) in [5.41, 5.74) is -0.228. The Bertz CT molecular complexity index is 882. The zero-order valence-corrected chi connectivity index (χ0v) is 15.2. The molecule has 0 spiro atoms. The summed E-state index contributed by atoms with van der Waals surface area (Å²) >= 11 is 11.5. The molecule has 0 bridgehead atoms. The summed E-state index contributed by atoms with van der Waals surface area (Å²) in [4.78, 5) is 12.1. The van der Waals surface area contributed by atoms with Gasteiger partial charge in [-0.2, -0.15) is 9.78 Å². The van der Waals surface area contributed by atoms with Gasteiger partial charge in [0.15, 0.2) is 0 Å². The average molecular weight is 392 g/mol. The van der Waals surface area contributed by atoms with E-state index in [4.69, 9.17) is 27.9 Å². The number of sulfonamides is 1. The van der Waals surface area contributed by atoms with E-state index in [0.29, 0.717) is 5.69 Å². The number of nitrogens with zero attached hydrogens (tertiary/aromatic N) is 2. The van der Waals surface area contributed by atoms with Gasteiger partial charge < -0.3 is 4.74 Å². The number of halogens is 2. The Labute approximate surface area is 149 Å². The smallest absolute Gasteiger partial charge is 0.291 e. The van der Waals surface area contributed by atoms with Crippen molar-refractivity contribution in [1.29, 1.82) is 0 Å². The second-order valence-corrected chi connectivity index (χ2v) is 7.49. The molecular formula is C14H15Cl2N3O4S. The topological polar surface area (TPSA) is 90.3 Å². The van der Waals surface area contributed by atoms with Crippen LogP contribution in [-0.2, 0) is 14.8 Å². The molecule has 0 saturated carbocycles. The Kier molecular flexibility index (Phi) is 6.00. The highest BCUT2D eigenvalue weighted by Gasteiger charge is 2.17. The number of aromatic nitrogens is 2. The Morgan fingerprint density at radius 1 is 1.29 bits per heavy atom. The van der Waals surface area contributed by atoms with E-state index in [0.717, 1.165) is 4.68 Å². The molecule has 0 aliphatic carbocycles. The van der Waals surface area contributed by atoms with E-state index in [1.54, 1.807) is 6.92 Å². The van der Waals surface area contributed by atoms with Gasteiger partial charge in [0.1, 0.15) is 5.02 Å². The summed E-state index contributed by atoms with van der Waals surface area (Å²) in [7, 11) is -2.20. The highest BCUT2D eigenvalue weighted by atomic mass is 35.5. The molecule has 0 fully saturated rings. The Morgan fingerprint density at radius 2 is 1.92 bits per heavy atom. The van der Waals surface area contributed by atoms with Crippen molar-refractivity contribution in [2.45, 2.75) is 17.9 Å². The minimum atomic E-state index is -3.69. The van der Waals surface area contributed by atoms with Crippen molar-refractivity contribution in [2.75, 3.05) is 13.7 Å². The van der Waals surface area contributed by atoms with Crippen LogP contribution in [0, 0.1) is 0 Å². The van der Waals surface area contributed by atoms with Crippen molar-refractivity contribution in [3.05, 3.63) is 50.9 Å². The van der Waals surface area contributed by atoms with Crippen LogP contribution in [0.5, 0.6) is 0 Å². The van der Waals surface area contributed by atoms with Crippen LogP contribution in [0.15, 0.2) is 40.2 Å². The van der Waals surface area contributed by atoms with E-state index in [9.17, 15) is 13.2 Å². The molecule has 0 amide bonds. The van der Waals surface area contributed by atoms with Gasteiger partial charge >= 0.3 is 0 Å². The maximum Gasteiger partial charge on any atom is 0.291 e. The number of hydrogen-bond acceptors (Lipinski definition) is 5. The highest BCUT2D eigenvalue weighted by molar-refractivity contribution is 7.89. The average Bonchev–Trinajstić information content (AvgIpc) is 2.53. The molecule has 1 heterocycles. The van der Waals surface area contributed by atoms with Crippen molar-refractivity contribution in [2.24, 2.45) is 0 Å². The lowest BCUT2D eigenvalue weighted by molar-refractivity contribution is 0.180. The molecule has 2 rings (SSSR count). The number of benzene rings is 1. The first kappa shape index (κ1) is 18.9. The lowest BCUT2D eigenvalue weighted by atomic mass is 10.3. The number of rotatable bonds is 6. The van der Waals surface area contributed by atoms with Crippen molar-refractivity contribution >= 4 is 33.2 Å². The van der Waals surface area contributed by atoms with Crippen molar-refractivity contribution in [1.82, 2.24) is 14.5 Å². The van der Waals surface area contributed by atoms with Crippen LogP contribution in [0.2, 0.25) is 10.0 Å². The first-order valence-corrected chi connectivity index (χ1v) is 9.05. The third-order valence-corrected chi connectivity index (χ3v) is 5.39. The normalized spacial score (nSPS) is 13.0. The quantitative estimate of drug-likeness (QED) is 0.811. The molecular weight excluding hydrogens is 377 g/mol. The molecule has 7 nitrogen and oxygen atoms in total. The largest absolute Gasteiger partial charge is 0.383 e. The first-order chi connectivity index (χ1) is 11.3. The van der Waals surface area contributed by atoms with Crippen LogP contribution in [0.4, 0.5) is 0 Å². The van der Waals surface area contributed by atoms with E-state index < -0.39 is 15.6 Å². The summed E-state index contributed by atoms with van der Waals surface area (Å²) in [6.07, 6.45) is 1.24. The fourth-order valence-electron chi connectivity index (χ4n) is 1.98. The minimum Gasteiger partial charge on any atom is -0.383 e. The van der Waals surface area contributed by atoms with E-state index in [1.165, 1.54) is 37.6 Å². The van der Waals surface area contributed by atoms with E-state index in [2.05, 4.69) is 9.82 Å². The fraction of sp³-hybridized carbons (Fsp3) is 0.286. The highest BCUT2D eigenvalue weighted by Crippen LogP contribution is 2.17.